The van der Waals surface area contributed by atoms with Gasteiger partial charge in [0.25, 0.3) is 5.91 Å². The van der Waals surface area contributed by atoms with Gasteiger partial charge in [0.1, 0.15) is 23.5 Å². The highest BCUT2D eigenvalue weighted by Crippen LogP contribution is 2.38. The summed E-state index contributed by atoms with van der Waals surface area (Å²) in [5, 5.41) is 11.7. The molecule has 2 amide bonds. The Morgan fingerprint density at radius 1 is 1.18 bits per heavy atom. The van der Waals surface area contributed by atoms with Gasteiger partial charge in [-0.25, -0.2) is 14.4 Å². The Kier molecular flexibility index (Phi) is 7.57. The number of benzene rings is 1. The fourth-order valence-electron chi connectivity index (χ4n) is 4.75. The largest absolute Gasteiger partial charge is 0.414 e. The van der Waals surface area contributed by atoms with Crippen molar-refractivity contribution in [2.45, 2.75) is 39.0 Å². The molecule has 0 spiro atoms. The summed E-state index contributed by atoms with van der Waals surface area (Å²) in [7, 11) is 1.97. The highest BCUT2D eigenvalue weighted by molar-refractivity contribution is 6.11. The van der Waals surface area contributed by atoms with E-state index in [9.17, 15) is 28.0 Å². The second-order valence-corrected chi connectivity index (χ2v) is 9.80. The molecule has 0 saturated carbocycles. The smallest absolute Gasteiger partial charge is 0.367 e. The van der Waals surface area contributed by atoms with Crippen LogP contribution in [-0.2, 0) is 9.59 Å². The number of nitrogens with one attached hydrogen (secondary N) is 1. The predicted molar refractivity (Wildman–Crippen MR) is 138 cm³/mol. The summed E-state index contributed by atoms with van der Waals surface area (Å²) in [5.41, 5.74) is 0.106. The summed E-state index contributed by atoms with van der Waals surface area (Å²) < 4.78 is 56.5. The number of carbonyl (C=O) groups excluding carboxylic acids is 2. The lowest BCUT2D eigenvalue weighted by molar-refractivity contribution is -0.124. The Morgan fingerprint density at radius 3 is 2.44 bits per heavy atom. The quantitative estimate of drug-likeness (QED) is 0.580. The third-order valence-electron chi connectivity index (χ3n) is 7.11. The lowest BCUT2D eigenvalue weighted by atomic mass is 9.95. The monoisotopic (exact) mass is 542 g/mol. The molecule has 2 aliphatic heterocycles. The molecule has 204 valence electrons. The van der Waals surface area contributed by atoms with Gasteiger partial charge >= 0.3 is 6.18 Å². The number of hydrogen-bond acceptors (Lipinski definition) is 6. The van der Waals surface area contributed by atoms with Gasteiger partial charge < -0.3 is 10.2 Å². The first-order valence-corrected chi connectivity index (χ1v) is 12.2. The highest BCUT2D eigenvalue weighted by Gasteiger charge is 2.43. The Bertz CT molecular complexity index is 1420. The minimum absolute atomic E-state index is 0.0449. The average Bonchev–Trinajstić information content (AvgIpc) is 2.87. The predicted octanol–water partition coefficient (Wildman–Crippen LogP) is 4.25. The number of piperazine rings is 1. The van der Waals surface area contributed by atoms with Crippen LogP contribution in [-0.4, -0.2) is 66.3 Å². The summed E-state index contributed by atoms with van der Waals surface area (Å²) >= 11 is 0. The molecule has 3 heterocycles. The number of nitrogens with zero attached hydrogens (tertiary/aromatic N) is 5. The van der Waals surface area contributed by atoms with Gasteiger partial charge in [-0.05, 0) is 51.6 Å². The van der Waals surface area contributed by atoms with Gasteiger partial charge in [-0.2, -0.15) is 18.4 Å². The van der Waals surface area contributed by atoms with Crippen LogP contribution in [0.3, 0.4) is 0 Å². The van der Waals surface area contributed by atoms with Crippen molar-refractivity contribution < 1.29 is 27.2 Å². The van der Waals surface area contributed by atoms with Crippen molar-refractivity contribution in [2.24, 2.45) is 10.9 Å². The van der Waals surface area contributed by atoms with E-state index in [4.69, 9.17) is 0 Å². The number of nitriles is 1. The van der Waals surface area contributed by atoms with E-state index in [1.807, 2.05) is 31.9 Å². The van der Waals surface area contributed by atoms with E-state index < -0.39 is 35.3 Å². The molecule has 1 saturated heterocycles. The third kappa shape index (κ3) is 5.68. The topological polar surface area (TPSA) is 102 Å². The van der Waals surface area contributed by atoms with Crippen LogP contribution in [0.15, 0.2) is 41.0 Å². The van der Waals surface area contributed by atoms with Crippen LogP contribution in [0.1, 0.15) is 25.1 Å². The number of aliphatic imine (C=N–C) groups is 1. The number of rotatable bonds is 4. The number of hydrogen-bond donors (Lipinski definition) is 1. The molecule has 0 aliphatic carbocycles. The summed E-state index contributed by atoms with van der Waals surface area (Å²) in [4.78, 5) is 36.2. The molecule has 2 aromatic rings. The van der Waals surface area contributed by atoms with Gasteiger partial charge in [0, 0.05) is 54.8 Å². The molecule has 0 radical (unpaired) electrons. The van der Waals surface area contributed by atoms with Gasteiger partial charge in [-0.3, -0.25) is 14.5 Å². The second kappa shape index (κ2) is 10.6. The SMILES string of the molecule is Cc1cc(-c2cc(NC(=O)C3C=NC(=O)C=C3C(F)(F)F)c(N3C[C@@H](C)N(C)[C@@H](C)C3)cc2F)cnc1C#N. The molecule has 1 N–H and O–H groups in total. The van der Waals surface area contributed by atoms with Crippen LogP contribution in [0.5, 0.6) is 0 Å². The van der Waals surface area contributed by atoms with Gasteiger partial charge in [0.05, 0.1) is 16.9 Å². The summed E-state index contributed by atoms with van der Waals surface area (Å²) in [6, 6.07) is 6.24. The number of carbonyl (C=O) groups is 2. The minimum atomic E-state index is -4.94. The van der Waals surface area contributed by atoms with Crippen molar-refractivity contribution in [3.05, 3.63) is 53.1 Å². The van der Waals surface area contributed by atoms with Crippen molar-refractivity contribution in [2.75, 3.05) is 30.4 Å². The number of aryl methyl sites for hydroxylation is 1. The van der Waals surface area contributed by atoms with Crippen LogP contribution < -0.4 is 10.2 Å². The van der Waals surface area contributed by atoms with E-state index in [0.717, 1.165) is 0 Å². The molecule has 1 aromatic heterocycles. The number of aromatic nitrogens is 1. The van der Waals surface area contributed by atoms with Gasteiger partial charge in [-0.15, -0.1) is 0 Å². The van der Waals surface area contributed by atoms with E-state index in [1.165, 1.54) is 18.3 Å². The van der Waals surface area contributed by atoms with E-state index >= 15 is 4.39 Å². The fraction of sp³-hybridized carbons (Fsp3) is 0.370. The molecule has 4 rings (SSSR count). The normalized spacial score (nSPS) is 21.9. The number of dihydropyridines is 1. The van der Waals surface area contributed by atoms with E-state index in [2.05, 4.69) is 20.2 Å². The molecule has 39 heavy (non-hydrogen) atoms. The van der Waals surface area contributed by atoms with Crippen molar-refractivity contribution in [3.8, 4) is 17.2 Å². The highest BCUT2D eigenvalue weighted by atomic mass is 19.4. The average molecular weight is 543 g/mol. The zero-order valence-corrected chi connectivity index (χ0v) is 21.7. The summed E-state index contributed by atoms with van der Waals surface area (Å²) in [6.45, 7) is 6.59. The maximum atomic E-state index is 15.6. The van der Waals surface area contributed by atoms with Gasteiger partial charge in [0.2, 0.25) is 5.91 Å². The van der Waals surface area contributed by atoms with Gasteiger partial charge in [-0.1, -0.05) is 0 Å². The Labute approximate surface area is 222 Å². The second-order valence-electron chi connectivity index (χ2n) is 9.80. The summed E-state index contributed by atoms with van der Waals surface area (Å²) in [5.74, 6) is -4.68. The number of alkyl halides is 3. The van der Waals surface area contributed by atoms with E-state index in [1.54, 1.807) is 13.0 Å². The first kappa shape index (κ1) is 27.9. The molecule has 0 bridgehead atoms. The van der Waals surface area contributed by atoms with Crippen molar-refractivity contribution >= 4 is 29.4 Å². The van der Waals surface area contributed by atoms with Crippen molar-refractivity contribution in [1.29, 1.82) is 5.26 Å². The Morgan fingerprint density at radius 2 is 1.85 bits per heavy atom. The molecule has 1 fully saturated rings. The van der Waals surface area contributed by atoms with Crippen molar-refractivity contribution in [3.63, 3.8) is 0 Å². The lowest BCUT2D eigenvalue weighted by Gasteiger charge is -2.44. The Balaban J connectivity index is 1.79. The molecule has 1 aromatic carbocycles. The zero-order valence-electron chi connectivity index (χ0n) is 21.7. The fourth-order valence-corrected chi connectivity index (χ4v) is 4.75. The summed E-state index contributed by atoms with van der Waals surface area (Å²) in [6.07, 6.45) is -2.65. The number of anilines is 2. The number of pyridine rings is 1. The maximum absolute atomic E-state index is 15.6. The molecular weight excluding hydrogens is 516 g/mol. The number of amides is 2. The molecule has 3 atom stereocenters. The molecule has 2 aliphatic rings. The van der Waals surface area contributed by atoms with Crippen LogP contribution in [0, 0.1) is 30.0 Å². The van der Waals surface area contributed by atoms with E-state index in [0.29, 0.717) is 42.2 Å². The van der Waals surface area contributed by atoms with Gasteiger partial charge in [0.15, 0.2) is 0 Å². The van der Waals surface area contributed by atoms with Crippen LogP contribution >= 0.6 is 0 Å². The molecule has 12 heteroatoms. The molecule has 1 unspecified atom stereocenters. The standard InChI is InChI=1S/C27H26F4N6O2/c1-14-5-17(10-33-23(14)9-32)18-6-22(24(8-21(18)28)37-12-15(2)36(4)16(3)13-37)35-26(39)19-11-34-25(38)7-20(19)27(29,30)31/h5-8,10-11,15-16,19H,12-13H2,1-4H3,(H,35,39)/t15-,16+,19?. The van der Waals surface area contributed by atoms with Crippen LogP contribution in [0.25, 0.3) is 11.1 Å². The molecular formula is C27H26F4N6O2. The Hall–Kier alpha value is -4.11. The number of halogens is 4. The zero-order chi connectivity index (χ0) is 28.6. The van der Waals surface area contributed by atoms with Crippen LogP contribution in [0.2, 0.25) is 0 Å². The van der Waals surface area contributed by atoms with Crippen molar-refractivity contribution in [1.82, 2.24) is 9.88 Å². The first-order valence-electron chi connectivity index (χ1n) is 12.2. The lowest BCUT2D eigenvalue weighted by Crippen LogP contribution is -2.55. The number of likely N-dealkylation sites (N-methyl/N-ethyl adjacent to an activating group) is 1. The minimum Gasteiger partial charge on any atom is -0.367 e. The third-order valence-corrected chi connectivity index (χ3v) is 7.11. The van der Waals surface area contributed by atoms with E-state index in [-0.39, 0.29) is 29.0 Å². The van der Waals surface area contributed by atoms with Crippen LogP contribution in [0.4, 0.5) is 28.9 Å². The first-order chi connectivity index (χ1) is 18.3. The maximum Gasteiger partial charge on any atom is 0.414 e. The molecule has 8 nitrogen and oxygen atoms in total.